The molecule has 3 heterocycles. The molecule has 4 heteroatoms. The minimum Gasteiger partial charge on any atom is -0.342 e. The molecule has 112 valence electrons. The van der Waals surface area contributed by atoms with Crippen LogP contribution in [0.2, 0.25) is 0 Å². The monoisotopic (exact) mass is 285 g/mol. The zero-order valence-electron chi connectivity index (χ0n) is 12.6. The van der Waals surface area contributed by atoms with Gasteiger partial charge in [0.2, 0.25) is 5.91 Å². The Morgan fingerprint density at radius 1 is 1.24 bits per heavy atom. The number of carbonyl (C=O) groups is 1. The third-order valence-electron chi connectivity index (χ3n) is 5.41. The second-order valence-corrected chi connectivity index (χ2v) is 7.10. The quantitative estimate of drug-likeness (QED) is 0.847. The summed E-state index contributed by atoms with van der Waals surface area (Å²) in [6.07, 6.45) is 2.97. The molecule has 0 N–H and O–H groups in total. The molecule has 0 unspecified atom stereocenters. The van der Waals surface area contributed by atoms with Gasteiger partial charge in [0, 0.05) is 44.8 Å². The number of nitrogens with zero attached hydrogens (tertiary/aromatic N) is 3. The summed E-state index contributed by atoms with van der Waals surface area (Å²) < 4.78 is 0. The molecule has 1 aromatic rings. The number of hydrogen-bond donors (Lipinski definition) is 0. The number of pyridine rings is 1. The molecule has 1 aliphatic carbocycles. The minimum atomic E-state index is 0.341. The predicted octanol–water partition coefficient (Wildman–Crippen LogP) is 1.63. The molecule has 4 nitrogen and oxygen atoms in total. The van der Waals surface area contributed by atoms with Crippen molar-refractivity contribution >= 4 is 5.91 Å². The number of likely N-dealkylation sites (tertiary alicyclic amines) is 2. The molecule has 2 saturated heterocycles. The number of amides is 1. The summed E-state index contributed by atoms with van der Waals surface area (Å²) in [6, 6.07) is 6.11. The molecular formula is C17H23N3O. The molecule has 0 aromatic carbocycles. The van der Waals surface area contributed by atoms with Crippen molar-refractivity contribution in [1.82, 2.24) is 14.8 Å². The molecule has 0 bridgehead atoms. The van der Waals surface area contributed by atoms with Gasteiger partial charge in [-0.05, 0) is 36.3 Å². The largest absolute Gasteiger partial charge is 0.342 e. The molecule has 0 radical (unpaired) electrons. The first-order valence-corrected chi connectivity index (χ1v) is 8.12. The van der Waals surface area contributed by atoms with Crippen molar-refractivity contribution < 1.29 is 4.79 Å². The van der Waals surface area contributed by atoms with Gasteiger partial charge in [0.15, 0.2) is 0 Å². The summed E-state index contributed by atoms with van der Waals surface area (Å²) in [5, 5.41) is 0. The normalized spacial score (nSPS) is 35.0. The van der Waals surface area contributed by atoms with Crippen molar-refractivity contribution in [1.29, 1.82) is 0 Å². The van der Waals surface area contributed by atoms with Crippen LogP contribution in [0.1, 0.15) is 19.0 Å². The van der Waals surface area contributed by atoms with Gasteiger partial charge >= 0.3 is 0 Å². The van der Waals surface area contributed by atoms with Crippen molar-refractivity contribution in [3.63, 3.8) is 0 Å². The van der Waals surface area contributed by atoms with Crippen LogP contribution in [-0.2, 0) is 11.3 Å². The van der Waals surface area contributed by atoms with E-state index in [1.54, 1.807) is 0 Å². The summed E-state index contributed by atoms with van der Waals surface area (Å²) in [4.78, 5) is 21.4. The molecule has 1 aromatic heterocycles. The predicted molar refractivity (Wildman–Crippen MR) is 80.3 cm³/mol. The number of aromatic nitrogens is 1. The third-order valence-corrected chi connectivity index (χ3v) is 5.41. The van der Waals surface area contributed by atoms with Crippen LogP contribution in [0, 0.1) is 23.7 Å². The average molecular weight is 285 g/mol. The van der Waals surface area contributed by atoms with Crippen molar-refractivity contribution in [2.45, 2.75) is 19.9 Å². The van der Waals surface area contributed by atoms with Crippen LogP contribution in [-0.4, -0.2) is 46.9 Å². The number of fused-ring (bicyclic) bond motifs is 1. The Bertz CT molecular complexity index is 518. The molecule has 21 heavy (non-hydrogen) atoms. The van der Waals surface area contributed by atoms with E-state index in [2.05, 4.69) is 33.8 Å². The van der Waals surface area contributed by atoms with Gasteiger partial charge in [0.25, 0.3) is 0 Å². The Labute approximate surface area is 126 Å². The van der Waals surface area contributed by atoms with Gasteiger partial charge in [0.05, 0.1) is 5.69 Å². The van der Waals surface area contributed by atoms with Crippen molar-refractivity contribution in [3.8, 4) is 0 Å². The first-order valence-electron chi connectivity index (χ1n) is 8.12. The van der Waals surface area contributed by atoms with Gasteiger partial charge in [-0.15, -0.1) is 0 Å². The van der Waals surface area contributed by atoms with E-state index >= 15 is 0 Å². The lowest BCUT2D eigenvalue weighted by Crippen LogP contribution is -2.34. The summed E-state index contributed by atoms with van der Waals surface area (Å²) >= 11 is 0. The fraction of sp³-hybridized carbons (Fsp3) is 0.647. The van der Waals surface area contributed by atoms with E-state index in [0.717, 1.165) is 44.8 Å². The second-order valence-electron chi connectivity index (χ2n) is 7.10. The maximum absolute atomic E-state index is 12.3. The zero-order valence-corrected chi connectivity index (χ0v) is 12.6. The number of carbonyl (C=O) groups excluding carboxylic acids is 1. The highest BCUT2D eigenvalue weighted by atomic mass is 16.2. The van der Waals surface area contributed by atoms with Crippen LogP contribution in [0.15, 0.2) is 24.4 Å². The van der Waals surface area contributed by atoms with Gasteiger partial charge in [0.1, 0.15) is 0 Å². The summed E-state index contributed by atoms with van der Waals surface area (Å²) in [5.41, 5.74) is 1.15. The smallest absolute Gasteiger partial charge is 0.225 e. The molecule has 1 saturated carbocycles. The van der Waals surface area contributed by atoms with E-state index in [9.17, 15) is 4.79 Å². The Morgan fingerprint density at radius 3 is 2.52 bits per heavy atom. The molecule has 3 fully saturated rings. The minimum absolute atomic E-state index is 0.341. The zero-order chi connectivity index (χ0) is 14.4. The highest BCUT2D eigenvalue weighted by Crippen LogP contribution is 2.41. The molecule has 1 amide bonds. The SMILES string of the molecule is C[C@H]1C[C@@H]1C(=O)N1C[C@H]2CN(Cc3ccccn3)C[C@H]2C1. The summed E-state index contributed by atoms with van der Waals surface area (Å²) in [6.45, 7) is 7.32. The van der Waals surface area contributed by atoms with Crippen LogP contribution in [0.3, 0.4) is 0 Å². The summed E-state index contributed by atoms with van der Waals surface area (Å²) in [5.74, 6) is 2.73. The second kappa shape index (κ2) is 5.09. The maximum Gasteiger partial charge on any atom is 0.225 e. The number of rotatable bonds is 3. The van der Waals surface area contributed by atoms with E-state index < -0.39 is 0 Å². The fourth-order valence-electron chi connectivity index (χ4n) is 4.02. The van der Waals surface area contributed by atoms with Crippen LogP contribution < -0.4 is 0 Å². The van der Waals surface area contributed by atoms with Crippen molar-refractivity contribution in [2.75, 3.05) is 26.2 Å². The first-order chi connectivity index (χ1) is 10.2. The molecule has 4 rings (SSSR count). The van der Waals surface area contributed by atoms with E-state index in [1.165, 1.54) is 0 Å². The molecule has 4 atom stereocenters. The molecule has 0 spiro atoms. The lowest BCUT2D eigenvalue weighted by atomic mass is 10.0. The van der Waals surface area contributed by atoms with Crippen LogP contribution in [0.4, 0.5) is 0 Å². The molecular weight excluding hydrogens is 262 g/mol. The molecule has 2 aliphatic heterocycles. The maximum atomic E-state index is 12.3. The topological polar surface area (TPSA) is 36.4 Å². The highest BCUT2D eigenvalue weighted by molar-refractivity contribution is 5.81. The van der Waals surface area contributed by atoms with Gasteiger partial charge in [-0.25, -0.2) is 0 Å². The van der Waals surface area contributed by atoms with E-state index in [-0.39, 0.29) is 0 Å². The Morgan fingerprint density at radius 2 is 1.95 bits per heavy atom. The average Bonchev–Trinajstić information content (AvgIpc) is 2.90. The Balaban J connectivity index is 1.32. The Hall–Kier alpha value is -1.42. The lowest BCUT2D eigenvalue weighted by Gasteiger charge is -2.21. The standard InChI is InChI=1S/C17H23N3O/c1-12-6-16(12)17(21)20-9-13-7-19(8-14(13)10-20)11-15-4-2-3-5-18-15/h2-5,12-14,16H,6-11H2,1H3/t12-,13-,14+,16-/m0/s1. The van der Waals surface area contributed by atoms with Crippen LogP contribution in [0.25, 0.3) is 0 Å². The van der Waals surface area contributed by atoms with E-state index in [4.69, 9.17) is 0 Å². The molecule has 3 aliphatic rings. The highest BCUT2D eigenvalue weighted by Gasteiger charge is 2.47. The summed E-state index contributed by atoms with van der Waals surface area (Å²) in [7, 11) is 0. The fourth-order valence-corrected chi connectivity index (χ4v) is 4.02. The van der Waals surface area contributed by atoms with E-state index in [1.807, 2.05) is 12.3 Å². The van der Waals surface area contributed by atoms with Crippen molar-refractivity contribution in [3.05, 3.63) is 30.1 Å². The van der Waals surface area contributed by atoms with Gasteiger partial charge in [-0.2, -0.15) is 0 Å². The van der Waals surface area contributed by atoms with Gasteiger partial charge in [-0.3, -0.25) is 14.7 Å². The van der Waals surface area contributed by atoms with Crippen LogP contribution >= 0.6 is 0 Å². The lowest BCUT2D eigenvalue weighted by molar-refractivity contribution is -0.132. The first kappa shape index (κ1) is 13.3. The van der Waals surface area contributed by atoms with Gasteiger partial charge in [-0.1, -0.05) is 13.0 Å². The third kappa shape index (κ3) is 2.57. The van der Waals surface area contributed by atoms with Gasteiger partial charge < -0.3 is 4.90 Å². The Kier molecular flexibility index (Phi) is 3.21. The number of hydrogen-bond acceptors (Lipinski definition) is 3. The van der Waals surface area contributed by atoms with Crippen LogP contribution in [0.5, 0.6) is 0 Å². The van der Waals surface area contributed by atoms with Crippen molar-refractivity contribution in [2.24, 2.45) is 23.7 Å². The van der Waals surface area contributed by atoms with E-state index in [0.29, 0.717) is 29.6 Å².